The van der Waals surface area contributed by atoms with Crippen LogP contribution in [0.3, 0.4) is 0 Å². The Labute approximate surface area is 191 Å². The molecule has 0 radical (unpaired) electrons. The molecular weight excluding hydrogens is 436 g/mol. The number of rotatable bonds is 10. The molecule has 8 nitrogen and oxygen atoms in total. The van der Waals surface area contributed by atoms with E-state index in [0.29, 0.717) is 28.6 Å². The third kappa shape index (κ3) is 8.39. The highest BCUT2D eigenvalue weighted by Crippen LogP contribution is 2.19. The summed E-state index contributed by atoms with van der Waals surface area (Å²) in [5, 5.41) is 5.71. The SMILES string of the molecule is CCCOC(=O)c1ccc(NC(=O)CCC(=O)OCC(=O)Nc2ccc(C)c(Cl)c2)cc1. The Morgan fingerprint density at radius 2 is 1.53 bits per heavy atom. The summed E-state index contributed by atoms with van der Waals surface area (Å²) in [6.45, 7) is 3.61. The average Bonchev–Trinajstić information content (AvgIpc) is 2.77. The highest BCUT2D eigenvalue weighted by molar-refractivity contribution is 6.31. The fraction of sp³-hybridized carbons (Fsp3) is 0.304. The first-order valence-corrected chi connectivity index (χ1v) is 10.4. The first-order chi connectivity index (χ1) is 15.3. The van der Waals surface area contributed by atoms with Crippen LogP contribution in [0.1, 0.15) is 42.1 Å². The van der Waals surface area contributed by atoms with Gasteiger partial charge in [0.2, 0.25) is 5.91 Å². The lowest BCUT2D eigenvalue weighted by Gasteiger charge is -2.08. The Morgan fingerprint density at radius 3 is 2.19 bits per heavy atom. The highest BCUT2D eigenvalue weighted by atomic mass is 35.5. The van der Waals surface area contributed by atoms with Crippen molar-refractivity contribution in [2.24, 2.45) is 0 Å². The van der Waals surface area contributed by atoms with Crippen molar-refractivity contribution in [3.05, 3.63) is 58.6 Å². The summed E-state index contributed by atoms with van der Waals surface area (Å²) >= 11 is 6.00. The summed E-state index contributed by atoms with van der Waals surface area (Å²) < 4.78 is 9.92. The van der Waals surface area contributed by atoms with E-state index in [-0.39, 0.29) is 12.8 Å². The number of hydrogen-bond acceptors (Lipinski definition) is 6. The van der Waals surface area contributed by atoms with Crippen molar-refractivity contribution in [2.45, 2.75) is 33.1 Å². The molecule has 32 heavy (non-hydrogen) atoms. The van der Waals surface area contributed by atoms with Gasteiger partial charge in [-0.3, -0.25) is 14.4 Å². The van der Waals surface area contributed by atoms with E-state index in [4.69, 9.17) is 21.1 Å². The average molecular weight is 461 g/mol. The van der Waals surface area contributed by atoms with Crippen LogP contribution in [0, 0.1) is 6.92 Å². The van der Waals surface area contributed by atoms with E-state index in [2.05, 4.69) is 10.6 Å². The Balaban J connectivity index is 1.69. The number of hydrogen-bond donors (Lipinski definition) is 2. The molecule has 9 heteroatoms. The molecule has 0 atom stereocenters. The number of aryl methyl sites for hydroxylation is 1. The monoisotopic (exact) mass is 460 g/mol. The van der Waals surface area contributed by atoms with Crippen molar-refractivity contribution < 1.29 is 28.7 Å². The first-order valence-electron chi connectivity index (χ1n) is 10.1. The number of ether oxygens (including phenoxy) is 2. The number of anilines is 2. The molecule has 0 unspecified atom stereocenters. The minimum atomic E-state index is -0.675. The van der Waals surface area contributed by atoms with Gasteiger partial charge in [0.25, 0.3) is 5.91 Å². The number of benzene rings is 2. The molecule has 0 saturated carbocycles. The van der Waals surface area contributed by atoms with Gasteiger partial charge in [0.1, 0.15) is 0 Å². The molecule has 0 fully saturated rings. The van der Waals surface area contributed by atoms with E-state index < -0.39 is 30.4 Å². The second kappa shape index (κ2) is 12.5. The molecule has 0 spiro atoms. The molecule has 2 N–H and O–H groups in total. The van der Waals surface area contributed by atoms with Gasteiger partial charge in [0.05, 0.1) is 18.6 Å². The summed E-state index contributed by atoms with van der Waals surface area (Å²) in [5.74, 6) is -2.02. The van der Waals surface area contributed by atoms with Crippen molar-refractivity contribution in [1.29, 1.82) is 0 Å². The summed E-state index contributed by atoms with van der Waals surface area (Å²) in [7, 11) is 0. The minimum Gasteiger partial charge on any atom is -0.462 e. The Kier molecular flexibility index (Phi) is 9.69. The lowest BCUT2D eigenvalue weighted by molar-refractivity contribution is -0.147. The molecule has 170 valence electrons. The van der Waals surface area contributed by atoms with Crippen LogP contribution in [0.5, 0.6) is 0 Å². The van der Waals surface area contributed by atoms with Crippen molar-refractivity contribution in [3.63, 3.8) is 0 Å². The Hall–Kier alpha value is -3.39. The third-order valence-electron chi connectivity index (χ3n) is 4.22. The predicted molar refractivity (Wildman–Crippen MR) is 121 cm³/mol. The zero-order valence-electron chi connectivity index (χ0n) is 17.9. The van der Waals surface area contributed by atoms with E-state index in [9.17, 15) is 19.2 Å². The molecule has 2 aromatic rings. The summed E-state index contributed by atoms with van der Waals surface area (Å²) in [5.41, 5.74) is 2.23. The lowest BCUT2D eigenvalue weighted by atomic mass is 10.2. The van der Waals surface area contributed by atoms with Crippen molar-refractivity contribution in [1.82, 2.24) is 0 Å². The normalized spacial score (nSPS) is 10.2. The maximum absolute atomic E-state index is 12.0. The van der Waals surface area contributed by atoms with Crippen LogP contribution >= 0.6 is 11.6 Å². The highest BCUT2D eigenvalue weighted by Gasteiger charge is 2.12. The fourth-order valence-corrected chi connectivity index (χ4v) is 2.67. The Morgan fingerprint density at radius 1 is 0.875 bits per heavy atom. The predicted octanol–water partition coefficient (Wildman–Crippen LogP) is 4.12. The third-order valence-corrected chi connectivity index (χ3v) is 4.62. The van der Waals surface area contributed by atoms with Crippen LogP contribution in [-0.4, -0.2) is 37.0 Å². The van der Waals surface area contributed by atoms with Gasteiger partial charge < -0.3 is 20.1 Å². The molecule has 0 heterocycles. The molecule has 0 saturated heterocycles. The maximum Gasteiger partial charge on any atom is 0.338 e. The minimum absolute atomic E-state index is 0.117. The molecule has 0 aromatic heterocycles. The number of nitrogens with one attached hydrogen (secondary N) is 2. The van der Waals surface area contributed by atoms with Crippen molar-refractivity contribution >= 4 is 46.7 Å². The van der Waals surface area contributed by atoms with Crippen LogP contribution in [0.25, 0.3) is 0 Å². The molecule has 0 aliphatic heterocycles. The quantitative estimate of drug-likeness (QED) is 0.516. The topological polar surface area (TPSA) is 111 Å². The van der Waals surface area contributed by atoms with Gasteiger partial charge in [-0.25, -0.2) is 4.79 Å². The molecule has 2 amide bonds. The van der Waals surface area contributed by atoms with E-state index in [1.165, 1.54) is 0 Å². The van der Waals surface area contributed by atoms with Gasteiger partial charge >= 0.3 is 11.9 Å². The van der Waals surface area contributed by atoms with Gasteiger partial charge in [0.15, 0.2) is 6.61 Å². The number of carbonyl (C=O) groups is 4. The van der Waals surface area contributed by atoms with Gasteiger partial charge in [-0.15, -0.1) is 0 Å². The van der Waals surface area contributed by atoms with Crippen LogP contribution in [0.4, 0.5) is 11.4 Å². The van der Waals surface area contributed by atoms with Crippen molar-refractivity contribution in [2.75, 3.05) is 23.8 Å². The molecule has 2 aromatic carbocycles. The molecule has 2 rings (SSSR count). The molecular formula is C23H25ClN2O6. The number of amides is 2. The van der Waals surface area contributed by atoms with Gasteiger partial charge in [-0.1, -0.05) is 24.6 Å². The number of halogens is 1. The van der Waals surface area contributed by atoms with Crippen LogP contribution < -0.4 is 10.6 Å². The van der Waals surface area contributed by atoms with Crippen molar-refractivity contribution in [3.8, 4) is 0 Å². The first kappa shape index (κ1) is 24.9. The molecule has 0 aliphatic carbocycles. The zero-order chi connectivity index (χ0) is 23.5. The smallest absolute Gasteiger partial charge is 0.338 e. The largest absolute Gasteiger partial charge is 0.462 e. The second-order valence-corrected chi connectivity index (χ2v) is 7.34. The molecule has 0 bridgehead atoms. The number of esters is 2. The Bertz CT molecular complexity index is 975. The zero-order valence-corrected chi connectivity index (χ0v) is 18.7. The van der Waals surface area contributed by atoms with Crippen LogP contribution in [0.2, 0.25) is 5.02 Å². The lowest BCUT2D eigenvalue weighted by Crippen LogP contribution is -2.21. The van der Waals surface area contributed by atoms with E-state index >= 15 is 0 Å². The second-order valence-electron chi connectivity index (χ2n) is 6.93. The fourth-order valence-electron chi connectivity index (χ4n) is 2.49. The number of carbonyl (C=O) groups excluding carboxylic acids is 4. The summed E-state index contributed by atoms with van der Waals surface area (Å²) in [6.07, 6.45) is 0.430. The standard InChI is InChI=1S/C23H25ClN2O6/c1-3-12-31-23(30)16-5-8-17(9-6-16)25-20(27)10-11-22(29)32-14-21(28)26-18-7-4-15(2)19(24)13-18/h4-9,13H,3,10-12,14H2,1-2H3,(H,25,27)(H,26,28). The van der Waals surface area contributed by atoms with Crippen LogP contribution in [-0.2, 0) is 23.9 Å². The van der Waals surface area contributed by atoms with E-state index in [0.717, 1.165) is 12.0 Å². The van der Waals surface area contributed by atoms with Crippen LogP contribution in [0.15, 0.2) is 42.5 Å². The van der Waals surface area contributed by atoms with Gasteiger partial charge in [-0.05, 0) is 55.3 Å². The summed E-state index contributed by atoms with van der Waals surface area (Å²) in [6, 6.07) is 11.3. The summed E-state index contributed by atoms with van der Waals surface area (Å²) in [4.78, 5) is 47.5. The van der Waals surface area contributed by atoms with E-state index in [1.807, 2.05) is 13.8 Å². The van der Waals surface area contributed by atoms with E-state index in [1.54, 1.807) is 42.5 Å². The van der Waals surface area contributed by atoms with Gasteiger partial charge in [0, 0.05) is 22.8 Å². The van der Waals surface area contributed by atoms with Gasteiger partial charge in [-0.2, -0.15) is 0 Å². The molecule has 0 aliphatic rings. The maximum atomic E-state index is 12.0.